The number of hydrogen-bond donors (Lipinski definition) is 2. The normalized spacial score (nSPS) is 12.3. The second-order valence-corrected chi connectivity index (χ2v) is 8.02. The Morgan fingerprint density at radius 3 is 2.38 bits per heavy atom. The lowest BCUT2D eigenvalue weighted by atomic mass is 10.1. The minimum absolute atomic E-state index is 0.0620. The molecule has 0 saturated carbocycles. The average molecular weight is 424 g/mol. The summed E-state index contributed by atoms with van der Waals surface area (Å²) in [5.41, 5.74) is 0.578. The first-order valence-corrected chi connectivity index (χ1v) is 10.3. The summed E-state index contributed by atoms with van der Waals surface area (Å²) in [6.07, 6.45) is -3.74. The smallest absolute Gasteiger partial charge is 0.416 e. The number of alkyl halides is 3. The van der Waals surface area contributed by atoms with Crippen LogP contribution in [0.25, 0.3) is 11.3 Å². The van der Waals surface area contributed by atoms with E-state index in [1.807, 2.05) is 0 Å². The van der Waals surface area contributed by atoms with Crippen molar-refractivity contribution in [2.24, 2.45) is 5.14 Å². The molecule has 3 rings (SSSR count). The topological polar surface area (TPSA) is 85.3 Å². The van der Waals surface area contributed by atoms with Gasteiger partial charge in [-0.05, 0) is 54.9 Å². The Morgan fingerprint density at radius 1 is 1.00 bits per heavy atom. The van der Waals surface area contributed by atoms with E-state index in [1.54, 1.807) is 30.3 Å². The number of furan rings is 1. The van der Waals surface area contributed by atoms with E-state index < -0.39 is 21.8 Å². The Hall–Kier alpha value is -2.62. The summed E-state index contributed by atoms with van der Waals surface area (Å²) in [6, 6.07) is 14.6. The molecule has 0 spiro atoms. The van der Waals surface area contributed by atoms with Crippen LogP contribution in [0.15, 0.2) is 70.0 Å². The zero-order valence-corrected chi connectivity index (χ0v) is 16.1. The molecule has 5 nitrogen and oxygen atoms in total. The molecule has 0 atom stereocenters. The third-order valence-corrected chi connectivity index (χ3v) is 5.21. The van der Waals surface area contributed by atoms with Crippen LogP contribution in [-0.2, 0) is 29.2 Å². The van der Waals surface area contributed by atoms with Crippen LogP contribution >= 0.6 is 0 Å². The lowest BCUT2D eigenvalue weighted by Crippen LogP contribution is -2.16. The zero-order chi connectivity index (χ0) is 21.1. The van der Waals surface area contributed by atoms with Crippen LogP contribution in [0.2, 0.25) is 0 Å². The molecule has 0 aliphatic heterocycles. The van der Waals surface area contributed by atoms with Gasteiger partial charge in [0, 0.05) is 5.56 Å². The molecule has 9 heteroatoms. The van der Waals surface area contributed by atoms with E-state index in [0.717, 1.165) is 17.7 Å². The first-order chi connectivity index (χ1) is 13.6. The highest BCUT2D eigenvalue weighted by molar-refractivity contribution is 7.89. The number of sulfonamides is 1. The molecule has 2 aromatic carbocycles. The van der Waals surface area contributed by atoms with Crippen molar-refractivity contribution in [2.45, 2.75) is 24.0 Å². The molecule has 0 bridgehead atoms. The van der Waals surface area contributed by atoms with E-state index in [9.17, 15) is 21.6 Å². The molecule has 3 N–H and O–H groups in total. The van der Waals surface area contributed by atoms with E-state index in [0.29, 0.717) is 36.6 Å². The van der Waals surface area contributed by atoms with Crippen LogP contribution in [0, 0.1) is 0 Å². The van der Waals surface area contributed by atoms with Gasteiger partial charge in [-0.25, -0.2) is 13.6 Å². The Kier molecular flexibility index (Phi) is 6.11. The lowest BCUT2D eigenvalue weighted by Gasteiger charge is -2.07. The maximum absolute atomic E-state index is 12.8. The van der Waals surface area contributed by atoms with Crippen LogP contribution < -0.4 is 10.5 Å². The van der Waals surface area contributed by atoms with Gasteiger partial charge in [-0.3, -0.25) is 0 Å². The number of nitrogens with two attached hydrogens (primary N) is 1. The van der Waals surface area contributed by atoms with Gasteiger partial charge in [0.25, 0.3) is 0 Å². The third kappa shape index (κ3) is 5.69. The van der Waals surface area contributed by atoms with Crippen molar-refractivity contribution in [3.8, 4) is 11.3 Å². The van der Waals surface area contributed by atoms with Crippen molar-refractivity contribution in [1.29, 1.82) is 0 Å². The molecule has 0 saturated heterocycles. The first-order valence-electron chi connectivity index (χ1n) is 8.72. The van der Waals surface area contributed by atoms with E-state index in [4.69, 9.17) is 9.56 Å². The van der Waals surface area contributed by atoms with Gasteiger partial charge < -0.3 is 9.73 Å². The number of benzene rings is 2. The van der Waals surface area contributed by atoms with Gasteiger partial charge >= 0.3 is 6.18 Å². The van der Waals surface area contributed by atoms with Crippen molar-refractivity contribution < 1.29 is 26.0 Å². The minimum atomic E-state index is -4.40. The van der Waals surface area contributed by atoms with Crippen molar-refractivity contribution in [3.05, 3.63) is 77.6 Å². The molecule has 0 radical (unpaired) electrons. The van der Waals surface area contributed by atoms with Gasteiger partial charge in [-0.2, -0.15) is 13.2 Å². The quantitative estimate of drug-likeness (QED) is 0.563. The second kappa shape index (κ2) is 8.40. The molecular formula is C20H19F3N2O3S. The summed E-state index contributed by atoms with van der Waals surface area (Å²) >= 11 is 0. The Bertz CT molecular complexity index is 1070. The standard InChI is InChI=1S/C20H19F3N2O3S/c21-20(22,23)16-3-1-2-15(12-16)19-9-6-17(28-19)13-25-11-10-14-4-7-18(8-5-14)29(24,26)27/h1-9,12,25H,10-11,13H2,(H2,24,26,27). The van der Waals surface area contributed by atoms with Gasteiger partial charge in [0.2, 0.25) is 10.0 Å². The fraction of sp³-hybridized carbons (Fsp3) is 0.200. The number of halogens is 3. The Labute approximate surface area is 166 Å². The molecule has 0 fully saturated rings. The molecule has 3 aromatic rings. The van der Waals surface area contributed by atoms with Gasteiger partial charge in [-0.1, -0.05) is 24.3 Å². The summed E-state index contributed by atoms with van der Waals surface area (Å²) in [5.74, 6) is 0.966. The molecule has 1 heterocycles. The fourth-order valence-corrected chi connectivity index (χ4v) is 3.28. The van der Waals surface area contributed by atoms with Crippen LogP contribution in [0.5, 0.6) is 0 Å². The Morgan fingerprint density at radius 2 is 1.72 bits per heavy atom. The van der Waals surface area contributed by atoms with Crippen molar-refractivity contribution in [1.82, 2.24) is 5.32 Å². The first kappa shape index (κ1) is 21.1. The highest BCUT2D eigenvalue weighted by Gasteiger charge is 2.30. The van der Waals surface area contributed by atoms with Crippen LogP contribution in [-0.4, -0.2) is 15.0 Å². The van der Waals surface area contributed by atoms with Crippen LogP contribution in [0.3, 0.4) is 0 Å². The second-order valence-electron chi connectivity index (χ2n) is 6.46. The largest absolute Gasteiger partial charge is 0.460 e. The van der Waals surface area contributed by atoms with E-state index in [-0.39, 0.29) is 4.90 Å². The molecule has 154 valence electrons. The number of nitrogens with one attached hydrogen (secondary N) is 1. The molecular weight excluding hydrogens is 405 g/mol. The van der Waals surface area contributed by atoms with E-state index in [2.05, 4.69) is 5.32 Å². The molecule has 0 aliphatic rings. The van der Waals surface area contributed by atoms with Crippen molar-refractivity contribution in [2.75, 3.05) is 6.54 Å². The molecule has 0 aliphatic carbocycles. The summed E-state index contributed by atoms with van der Waals surface area (Å²) in [4.78, 5) is 0.0620. The maximum Gasteiger partial charge on any atom is 0.416 e. The summed E-state index contributed by atoms with van der Waals surface area (Å²) in [7, 11) is -3.70. The van der Waals surface area contributed by atoms with Crippen molar-refractivity contribution >= 4 is 10.0 Å². The third-order valence-electron chi connectivity index (χ3n) is 4.28. The van der Waals surface area contributed by atoms with Crippen LogP contribution in [0.4, 0.5) is 13.2 Å². The lowest BCUT2D eigenvalue weighted by molar-refractivity contribution is -0.137. The highest BCUT2D eigenvalue weighted by atomic mass is 32.2. The van der Waals surface area contributed by atoms with Gasteiger partial charge in [0.1, 0.15) is 11.5 Å². The van der Waals surface area contributed by atoms with Gasteiger partial charge in [-0.15, -0.1) is 0 Å². The number of hydrogen-bond acceptors (Lipinski definition) is 4. The molecule has 0 amide bonds. The van der Waals surface area contributed by atoms with Gasteiger partial charge in [0.15, 0.2) is 0 Å². The molecule has 0 unspecified atom stereocenters. The van der Waals surface area contributed by atoms with E-state index >= 15 is 0 Å². The van der Waals surface area contributed by atoms with E-state index in [1.165, 1.54) is 18.2 Å². The van der Waals surface area contributed by atoms with Crippen molar-refractivity contribution in [3.63, 3.8) is 0 Å². The summed E-state index contributed by atoms with van der Waals surface area (Å²) in [5, 5.41) is 8.24. The zero-order valence-electron chi connectivity index (χ0n) is 15.2. The number of rotatable bonds is 7. The predicted molar refractivity (Wildman–Crippen MR) is 102 cm³/mol. The van der Waals surface area contributed by atoms with Crippen LogP contribution in [0.1, 0.15) is 16.9 Å². The van der Waals surface area contributed by atoms with Gasteiger partial charge in [0.05, 0.1) is 17.0 Å². The minimum Gasteiger partial charge on any atom is -0.460 e. The average Bonchev–Trinajstić information content (AvgIpc) is 3.13. The fourth-order valence-electron chi connectivity index (χ4n) is 2.77. The summed E-state index contributed by atoms with van der Waals surface area (Å²) < 4.78 is 66.6. The summed E-state index contributed by atoms with van der Waals surface area (Å²) in [6.45, 7) is 1.02. The monoisotopic (exact) mass is 424 g/mol. The molecule has 1 aromatic heterocycles. The molecule has 29 heavy (non-hydrogen) atoms. The highest BCUT2D eigenvalue weighted by Crippen LogP contribution is 2.32. The number of primary sulfonamides is 1. The Balaban J connectivity index is 1.54. The SMILES string of the molecule is NS(=O)(=O)c1ccc(CCNCc2ccc(-c3cccc(C(F)(F)F)c3)o2)cc1. The maximum atomic E-state index is 12.8. The predicted octanol–water partition coefficient (Wildman–Crippen LogP) is 3.95.